The van der Waals surface area contributed by atoms with Crippen LogP contribution < -0.4 is 0 Å². The predicted molar refractivity (Wildman–Crippen MR) is 60.7 cm³/mol. The summed E-state index contributed by atoms with van der Waals surface area (Å²) in [4.78, 5) is 11.9. The molecule has 1 aromatic carbocycles. The lowest BCUT2D eigenvalue weighted by molar-refractivity contribution is 0.0930. The van der Waals surface area contributed by atoms with Crippen molar-refractivity contribution in [2.75, 3.05) is 0 Å². The van der Waals surface area contributed by atoms with E-state index in [1.54, 1.807) is 0 Å². The molecule has 0 saturated heterocycles. The van der Waals surface area contributed by atoms with Crippen LogP contribution in [0.3, 0.4) is 0 Å². The van der Waals surface area contributed by atoms with Crippen molar-refractivity contribution < 1.29 is 4.79 Å². The molecule has 0 aliphatic heterocycles. The van der Waals surface area contributed by atoms with Crippen LogP contribution in [0.25, 0.3) is 0 Å². The first-order valence-electron chi connectivity index (χ1n) is 5.38. The van der Waals surface area contributed by atoms with Crippen molar-refractivity contribution in [1.29, 1.82) is 0 Å². The Balaban J connectivity index is 2.04. The summed E-state index contributed by atoms with van der Waals surface area (Å²) in [5, 5.41) is 0. The molecule has 76 valence electrons. The number of terminal acetylenes is 1. The molecule has 0 radical (unpaired) electrons. The van der Waals surface area contributed by atoms with E-state index in [0.29, 0.717) is 5.78 Å². The Morgan fingerprint density at radius 1 is 1.40 bits per heavy atom. The molecule has 2 rings (SSSR count). The fourth-order valence-electron chi connectivity index (χ4n) is 2.20. The van der Waals surface area contributed by atoms with E-state index in [-0.39, 0.29) is 5.92 Å². The minimum absolute atomic E-state index is 0.177. The van der Waals surface area contributed by atoms with E-state index in [2.05, 4.69) is 12.0 Å². The van der Waals surface area contributed by atoms with Crippen LogP contribution >= 0.6 is 0 Å². The van der Waals surface area contributed by atoms with Crippen LogP contribution in [0.2, 0.25) is 0 Å². The fourth-order valence-corrected chi connectivity index (χ4v) is 2.20. The zero-order chi connectivity index (χ0) is 10.7. The van der Waals surface area contributed by atoms with Crippen LogP contribution in [0.1, 0.15) is 35.2 Å². The van der Waals surface area contributed by atoms with Gasteiger partial charge in [-0.05, 0) is 24.8 Å². The van der Waals surface area contributed by atoms with Crippen LogP contribution in [0.4, 0.5) is 0 Å². The molecule has 15 heavy (non-hydrogen) atoms. The summed E-state index contributed by atoms with van der Waals surface area (Å²) < 4.78 is 0. The molecule has 1 unspecified atom stereocenters. The number of unbranched alkanes of at least 4 members (excludes halogenated alkanes) is 1. The van der Waals surface area contributed by atoms with Gasteiger partial charge in [0.15, 0.2) is 5.78 Å². The van der Waals surface area contributed by atoms with Crippen molar-refractivity contribution in [3.05, 3.63) is 35.4 Å². The molecular formula is C14H14O. The zero-order valence-corrected chi connectivity index (χ0v) is 8.70. The van der Waals surface area contributed by atoms with E-state index in [1.165, 1.54) is 5.56 Å². The monoisotopic (exact) mass is 198 g/mol. The number of carbonyl (C=O) groups is 1. The molecule has 0 bridgehead atoms. The summed E-state index contributed by atoms with van der Waals surface area (Å²) in [7, 11) is 0. The quantitative estimate of drug-likeness (QED) is 0.539. The number of benzene rings is 1. The Labute approximate surface area is 90.5 Å². The number of ketones is 1. The zero-order valence-electron chi connectivity index (χ0n) is 8.70. The molecule has 0 N–H and O–H groups in total. The fraction of sp³-hybridized carbons (Fsp3) is 0.357. The van der Waals surface area contributed by atoms with Gasteiger partial charge in [-0.1, -0.05) is 24.3 Å². The van der Waals surface area contributed by atoms with Gasteiger partial charge in [-0.15, -0.1) is 12.3 Å². The molecule has 1 heteroatoms. The number of hydrogen-bond donors (Lipinski definition) is 0. The lowest BCUT2D eigenvalue weighted by Gasteiger charge is -2.04. The molecule has 0 saturated carbocycles. The Morgan fingerprint density at radius 3 is 2.93 bits per heavy atom. The standard InChI is InChI=1S/C14H14O/c1-2-3-4-8-12-10-11-7-5-6-9-13(11)14(12)15/h1,5-7,9,12H,3-4,8,10H2. The number of rotatable bonds is 3. The maximum atomic E-state index is 11.9. The van der Waals surface area contributed by atoms with Gasteiger partial charge in [-0.3, -0.25) is 4.79 Å². The second-order valence-electron chi connectivity index (χ2n) is 4.02. The van der Waals surface area contributed by atoms with E-state index in [1.807, 2.05) is 18.2 Å². The van der Waals surface area contributed by atoms with Gasteiger partial charge in [0.25, 0.3) is 0 Å². The molecule has 1 aliphatic carbocycles. The number of carbonyl (C=O) groups excluding carboxylic acids is 1. The maximum absolute atomic E-state index is 11.9. The molecule has 0 amide bonds. The van der Waals surface area contributed by atoms with Gasteiger partial charge in [0.1, 0.15) is 0 Å². The molecule has 0 aromatic heterocycles. The van der Waals surface area contributed by atoms with Gasteiger partial charge in [-0.25, -0.2) is 0 Å². The summed E-state index contributed by atoms with van der Waals surface area (Å²) in [5.41, 5.74) is 2.12. The minimum atomic E-state index is 0.177. The van der Waals surface area contributed by atoms with Crippen LogP contribution in [0, 0.1) is 18.3 Å². The van der Waals surface area contributed by atoms with Crippen LogP contribution in [0.15, 0.2) is 24.3 Å². The lowest BCUT2D eigenvalue weighted by atomic mass is 9.98. The van der Waals surface area contributed by atoms with Crippen molar-refractivity contribution in [2.24, 2.45) is 5.92 Å². The highest BCUT2D eigenvalue weighted by atomic mass is 16.1. The van der Waals surface area contributed by atoms with Gasteiger partial charge >= 0.3 is 0 Å². The van der Waals surface area contributed by atoms with Gasteiger partial charge in [0.2, 0.25) is 0 Å². The summed E-state index contributed by atoms with van der Waals surface area (Å²) in [5.74, 6) is 3.10. The van der Waals surface area contributed by atoms with Crippen molar-refractivity contribution in [2.45, 2.75) is 25.7 Å². The van der Waals surface area contributed by atoms with E-state index < -0.39 is 0 Å². The average molecular weight is 198 g/mol. The first-order valence-corrected chi connectivity index (χ1v) is 5.38. The van der Waals surface area contributed by atoms with E-state index >= 15 is 0 Å². The first-order chi connectivity index (χ1) is 7.33. The average Bonchev–Trinajstić information content (AvgIpc) is 2.57. The number of hydrogen-bond acceptors (Lipinski definition) is 1. The SMILES string of the molecule is C#CCCCC1Cc2ccccc2C1=O. The topological polar surface area (TPSA) is 17.1 Å². The third-order valence-corrected chi connectivity index (χ3v) is 2.99. The van der Waals surface area contributed by atoms with Crippen LogP contribution in [0.5, 0.6) is 0 Å². The van der Waals surface area contributed by atoms with Crippen LogP contribution in [-0.2, 0) is 6.42 Å². The molecule has 0 fully saturated rings. The molecule has 1 aromatic rings. The Kier molecular flexibility index (Phi) is 2.87. The summed E-state index contributed by atoms with van der Waals surface area (Å²) in [6.45, 7) is 0. The van der Waals surface area contributed by atoms with Gasteiger partial charge in [-0.2, -0.15) is 0 Å². The van der Waals surface area contributed by atoms with Crippen molar-refractivity contribution in [3.63, 3.8) is 0 Å². The number of Topliss-reactive ketones (excluding diaryl/α,β-unsaturated/α-hetero) is 1. The smallest absolute Gasteiger partial charge is 0.166 e. The highest BCUT2D eigenvalue weighted by Gasteiger charge is 2.28. The van der Waals surface area contributed by atoms with E-state index in [4.69, 9.17) is 6.42 Å². The molecule has 0 spiro atoms. The first kappa shape index (κ1) is 9.98. The minimum Gasteiger partial charge on any atom is -0.294 e. The second-order valence-corrected chi connectivity index (χ2v) is 4.02. The Hall–Kier alpha value is -1.55. The Bertz CT molecular complexity index is 412. The number of fused-ring (bicyclic) bond motifs is 1. The van der Waals surface area contributed by atoms with E-state index in [9.17, 15) is 4.79 Å². The van der Waals surface area contributed by atoms with E-state index in [0.717, 1.165) is 31.2 Å². The highest BCUT2D eigenvalue weighted by Crippen LogP contribution is 2.29. The predicted octanol–water partition coefficient (Wildman–Crippen LogP) is 2.85. The largest absolute Gasteiger partial charge is 0.294 e. The summed E-state index contributed by atoms with van der Waals surface area (Å²) in [6.07, 6.45) is 8.76. The third kappa shape index (κ3) is 1.94. The molecule has 0 heterocycles. The second kappa shape index (κ2) is 4.31. The maximum Gasteiger partial charge on any atom is 0.166 e. The van der Waals surface area contributed by atoms with Gasteiger partial charge in [0, 0.05) is 17.9 Å². The van der Waals surface area contributed by atoms with Crippen LogP contribution in [-0.4, -0.2) is 5.78 Å². The summed E-state index contributed by atoms with van der Waals surface area (Å²) in [6, 6.07) is 7.91. The Morgan fingerprint density at radius 2 is 2.20 bits per heavy atom. The molecule has 1 atom stereocenters. The normalized spacial score (nSPS) is 18.6. The van der Waals surface area contributed by atoms with Gasteiger partial charge in [0.05, 0.1) is 0 Å². The molecular weight excluding hydrogens is 184 g/mol. The van der Waals surface area contributed by atoms with Crippen molar-refractivity contribution in [1.82, 2.24) is 0 Å². The van der Waals surface area contributed by atoms with Crippen molar-refractivity contribution in [3.8, 4) is 12.3 Å². The lowest BCUT2D eigenvalue weighted by Crippen LogP contribution is -2.08. The highest BCUT2D eigenvalue weighted by molar-refractivity contribution is 6.02. The molecule has 1 nitrogen and oxygen atoms in total. The third-order valence-electron chi connectivity index (χ3n) is 2.99. The van der Waals surface area contributed by atoms with Crippen molar-refractivity contribution >= 4 is 5.78 Å². The van der Waals surface area contributed by atoms with Gasteiger partial charge < -0.3 is 0 Å². The molecule has 1 aliphatic rings. The summed E-state index contributed by atoms with van der Waals surface area (Å²) >= 11 is 0.